The monoisotopic (exact) mass is 439 g/mol. The molecule has 0 saturated carbocycles. The average Bonchev–Trinajstić information content (AvgIpc) is 3.08. The van der Waals surface area contributed by atoms with Gasteiger partial charge in [-0.2, -0.15) is 5.26 Å². The topological polar surface area (TPSA) is 83.2 Å². The van der Waals surface area contributed by atoms with Crippen molar-refractivity contribution in [2.45, 2.75) is 50.8 Å². The van der Waals surface area contributed by atoms with Crippen LogP contribution in [0.15, 0.2) is 40.8 Å². The lowest BCUT2D eigenvalue weighted by Crippen LogP contribution is -2.36. The summed E-state index contributed by atoms with van der Waals surface area (Å²) in [4.78, 5) is 14.9. The fourth-order valence-corrected chi connectivity index (χ4v) is 4.60. The number of piperidine rings is 1. The van der Waals surface area contributed by atoms with E-state index in [1.165, 1.54) is 6.26 Å². The quantitative estimate of drug-likeness (QED) is 0.515. The first kappa shape index (κ1) is 22.8. The Balaban J connectivity index is 2.04. The Labute approximate surface area is 184 Å². The third kappa shape index (κ3) is 4.91. The summed E-state index contributed by atoms with van der Waals surface area (Å²) < 4.78 is 25.6. The minimum Gasteiger partial charge on any atom is -0.338 e. The van der Waals surface area contributed by atoms with Crippen molar-refractivity contribution in [2.75, 3.05) is 19.3 Å². The van der Waals surface area contributed by atoms with Crippen molar-refractivity contribution in [1.82, 2.24) is 9.47 Å². The van der Waals surface area contributed by atoms with E-state index < -0.39 is 9.84 Å². The van der Waals surface area contributed by atoms with Crippen LogP contribution < -0.4 is 0 Å². The molecule has 2 heterocycles. The Hall–Kier alpha value is -2.85. The molecule has 1 fully saturated rings. The standard InChI is InChI=1S/C24H29N3O3S/c1-17(2)23-15-19(14-20(16-25)24(28)26-12-6-5-7-13-26)18(3)27(23)21-8-10-22(11-9-21)31(4,29)30/h8-11,14-15,17H,5-7,12-13H2,1-4H3/b20-14+. The van der Waals surface area contributed by atoms with Crippen LogP contribution in [0, 0.1) is 18.3 Å². The van der Waals surface area contributed by atoms with Gasteiger partial charge in [-0.05, 0) is 74.1 Å². The Morgan fingerprint density at radius 1 is 1.13 bits per heavy atom. The number of nitriles is 1. The molecule has 0 radical (unpaired) electrons. The molecule has 0 spiro atoms. The third-order valence-electron chi connectivity index (χ3n) is 5.72. The van der Waals surface area contributed by atoms with Gasteiger partial charge >= 0.3 is 0 Å². The second kappa shape index (κ2) is 9.11. The number of aromatic nitrogens is 1. The maximum Gasteiger partial charge on any atom is 0.264 e. The highest BCUT2D eigenvalue weighted by Crippen LogP contribution is 2.29. The molecule has 3 rings (SSSR count). The van der Waals surface area contributed by atoms with E-state index in [1.807, 2.05) is 13.0 Å². The maximum absolute atomic E-state index is 12.8. The number of amides is 1. The zero-order valence-electron chi connectivity index (χ0n) is 18.6. The van der Waals surface area contributed by atoms with Gasteiger partial charge in [0.05, 0.1) is 4.90 Å². The molecule has 1 aliphatic heterocycles. The lowest BCUT2D eigenvalue weighted by atomic mass is 10.1. The molecule has 164 valence electrons. The van der Waals surface area contributed by atoms with Crippen molar-refractivity contribution in [2.24, 2.45) is 0 Å². The van der Waals surface area contributed by atoms with Crippen molar-refractivity contribution in [3.63, 3.8) is 0 Å². The first-order chi connectivity index (χ1) is 14.6. The van der Waals surface area contributed by atoms with Gasteiger partial charge in [-0.25, -0.2) is 8.42 Å². The van der Waals surface area contributed by atoms with Crippen LogP contribution in [0.5, 0.6) is 0 Å². The van der Waals surface area contributed by atoms with E-state index in [2.05, 4.69) is 24.5 Å². The summed E-state index contributed by atoms with van der Waals surface area (Å²) in [5.41, 5.74) is 3.73. The number of hydrogen-bond donors (Lipinski definition) is 0. The molecule has 31 heavy (non-hydrogen) atoms. The lowest BCUT2D eigenvalue weighted by Gasteiger charge is -2.26. The summed E-state index contributed by atoms with van der Waals surface area (Å²) in [5, 5.41) is 9.66. The second-order valence-electron chi connectivity index (χ2n) is 8.39. The summed E-state index contributed by atoms with van der Waals surface area (Å²) >= 11 is 0. The first-order valence-corrected chi connectivity index (χ1v) is 12.5. The molecule has 1 amide bonds. The van der Waals surface area contributed by atoms with Gasteiger partial charge in [0.2, 0.25) is 0 Å². The van der Waals surface area contributed by atoms with Crippen LogP contribution in [0.1, 0.15) is 56.0 Å². The van der Waals surface area contributed by atoms with Gasteiger partial charge in [0.25, 0.3) is 5.91 Å². The molecule has 2 aromatic rings. The molecule has 1 aliphatic rings. The van der Waals surface area contributed by atoms with Crippen molar-refractivity contribution >= 4 is 21.8 Å². The highest BCUT2D eigenvalue weighted by molar-refractivity contribution is 7.90. The van der Waals surface area contributed by atoms with Crippen LogP contribution in [0.25, 0.3) is 11.8 Å². The highest BCUT2D eigenvalue weighted by atomic mass is 32.2. The average molecular weight is 440 g/mol. The third-order valence-corrected chi connectivity index (χ3v) is 6.85. The summed E-state index contributed by atoms with van der Waals surface area (Å²) in [7, 11) is -3.27. The van der Waals surface area contributed by atoms with Gasteiger partial charge in [-0.3, -0.25) is 4.79 Å². The molecule has 1 aromatic carbocycles. The largest absolute Gasteiger partial charge is 0.338 e. The predicted molar refractivity (Wildman–Crippen MR) is 122 cm³/mol. The van der Waals surface area contributed by atoms with E-state index in [0.29, 0.717) is 13.1 Å². The molecule has 0 N–H and O–H groups in total. The van der Waals surface area contributed by atoms with Gasteiger partial charge in [-0.1, -0.05) is 13.8 Å². The minimum atomic E-state index is -3.27. The van der Waals surface area contributed by atoms with Crippen LogP contribution in [0.4, 0.5) is 0 Å². The van der Waals surface area contributed by atoms with Crippen LogP contribution in [-0.4, -0.2) is 43.1 Å². The maximum atomic E-state index is 12.8. The highest BCUT2D eigenvalue weighted by Gasteiger charge is 2.22. The Bertz CT molecular complexity index is 1140. The van der Waals surface area contributed by atoms with Crippen molar-refractivity contribution in [1.29, 1.82) is 5.26 Å². The Kier molecular flexibility index (Phi) is 6.71. The molecule has 0 unspecified atom stereocenters. The zero-order valence-corrected chi connectivity index (χ0v) is 19.4. The number of benzene rings is 1. The van der Waals surface area contributed by atoms with Crippen molar-refractivity contribution in [3.05, 3.63) is 52.9 Å². The van der Waals surface area contributed by atoms with Crippen LogP contribution in [0.2, 0.25) is 0 Å². The van der Waals surface area contributed by atoms with E-state index in [-0.39, 0.29) is 22.3 Å². The summed E-state index contributed by atoms with van der Waals surface area (Å²) in [6.45, 7) is 7.49. The first-order valence-electron chi connectivity index (χ1n) is 10.6. The number of carbonyl (C=O) groups is 1. The molecule has 0 atom stereocenters. The molecule has 0 aliphatic carbocycles. The normalized spacial score (nSPS) is 15.2. The number of nitrogens with zero attached hydrogens (tertiary/aromatic N) is 3. The van der Waals surface area contributed by atoms with Gasteiger partial charge in [-0.15, -0.1) is 0 Å². The zero-order chi connectivity index (χ0) is 22.8. The molecular weight excluding hydrogens is 410 g/mol. The van der Waals surface area contributed by atoms with Gasteiger partial charge in [0.1, 0.15) is 11.6 Å². The molecule has 1 saturated heterocycles. The number of hydrogen-bond acceptors (Lipinski definition) is 4. The molecular formula is C24H29N3O3S. The van der Waals surface area contributed by atoms with E-state index in [9.17, 15) is 18.5 Å². The molecule has 1 aromatic heterocycles. The number of sulfone groups is 1. The number of rotatable bonds is 5. The lowest BCUT2D eigenvalue weighted by molar-refractivity contribution is -0.127. The molecule has 6 nitrogen and oxygen atoms in total. The van der Waals surface area contributed by atoms with Crippen molar-refractivity contribution < 1.29 is 13.2 Å². The van der Waals surface area contributed by atoms with E-state index >= 15 is 0 Å². The van der Waals surface area contributed by atoms with Crippen molar-refractivity contribution in [3.8, 4) is 11.8 Å². The smallest absolute Gasteiger partial charge is 0.264 e. The van der Waals surface area contributed by atoms with Gasteiger partial charge in [0.15, 0.2) is 9.84 Å². The summed E-state index contributed by atoms with van der Waals surface area (Å²) in [6.07, 6.45) is 5.93. The SMILES string of the molecule is Cc1c(/C=C(\C#N)C(=O)N2CCCCC2)cc(C(C)C)n1-c1ccc(S(C)(=O)=O)cc1. The summed E-state index contributed by atoms with van der Waals surface area (Å²) in [6, 6.07) is 10.9. The van der Waals surface area contributed by atoms with E-state index in [1.54, 1.807) is 35.2 Å². The number of likely N-dealkylation sites (tertiary alicyclic amines) is 1. The van der Waals surface area contributed by atoms with E-state index in [0.717, 1.165) is 41.9 Å². The molecule has 7 heteroatoms. The predicted octanol–water partition coefficient (Wildman–Crippen LogP) is 4.23. The fraction of sp³-hybridized carbons (Fsp3) is 0.417. The second-order valence-corrected chi connectivity index (χ2v) is 10.4. The molecule has 0 bridgehead atoms. The number of carbonyl (C=O) groups excluding carboxylic acids is 1. The Morgan fingerprint density at radius 2 is 1.74 bits per heavy atom. The van der Waals surface area contributed by atoms with Gasteiger partial charge < -0.3 is 9.47 Å². The van der Waals surface area contributed by atoms with Gasteiger partial charge in [0, 0.05) is 36.4 Å². The fourth-order valence-electron chi connectivity index (χ4n) is 3.97. The van der Waals surface area contributed by atoms with Crippen LogP contribution in [0.3, 0.4) is 0 Å². The van der Waals surface area contributed by atoms with E-state index in [4.69, 9.17) is 0 Å². The minimum absolute atomic E-state index is 0.143. The van der Waals surface area contributed by atoms with Crippen LogP contribution >= 0.6 is 0 Å². The summed E-state index contributed by atoms with van der Waals surface area (Å²) in [5.74, 6) is -0.0169. The van der Waals surface area contributed by atoms with Crippen LogP contribution in [-0.2, 0) is 14.6 Å². The Morgan fingerprint density at radius 3 is 2.26 bits per heavy atom.